The molecular weight excluding hydrogens is 248 g/mol. The number of hydrogen-bond donors (Lipinski definition) is 1. The summed E-state index contributed by atoms with van der Waals surface area (Å²) in [5.41, 5.74) is 1.15. The second-order valence-electron chi connectivity index (χ2n) is 4.43. The first-order chi connectivity index (χ1) is 8.48. The number of hydrogen-bond acceptors (Lipinski definition) is 3. The van der Waals surface area contributed by atoms with E-state index in [1.165, 1.54) is 18.4 Å². The van der Waals surface area contributed by atoms with E-state index in [4.69, 9.17) is 0 Å². The van der Waals surface area contributed by atoms with Gasteiger partial charge in [0.1, 0.15) is 0 Å². The zero-order chi connectivity index (χ0) is 13.6. The second-order valence-corrected chi connectivity index (χ2v) is 6.58. The van der Waals surface area contributed by atoms with E-state index in [1.807, 2.05) is 12.1 Å². The van der Waals surface area contributed by atoms with Gasteiger partial charge in [-0.05, 0) is 43.6 Å². The van der Waals surface area contributed by atoms with Crippen molar-refractivity contribution in [2.24, 2.45) is 0 Å². The SMILES string of the molecule is CCCNCCc1ccc(S(=O)(=O)N(C)C)cc1. The third-order valence-electron chi connectivity index (χ3n) is 2.72. The minimum Gasteiger partial charge on any atom is -0.316 e. The smallest absolute Gasteiger partial charge is 0.242 e. The molecule has 18 heavy (non-hydrogen) atoms. The standard InChI is InChI=1S/C13H22N2O2S/c1-4-10-14-11-9-12-5-7-13(8-6-12)18(16,17)15(2)3/h5-8,14H,4,9-11H2,1-3H3. The van der Waals surface area contributed by atoms with Gasteiger partial charge in [0, 0.05) is 14.1 Å². The van der Waals surface area contributed by atoms with E-state index in [1.54, 1.807) is 12.1 Å². The molecule has 0 aromatic heterocycles. The van der Waals surface area contributed by atoms with Gasteiger partial charge >= 0.3 is 0 Å². The van der Waals surface area contributed by atoms with Crippen LogP contribution in [0.4, 0.5) is 0 Å². The van der Waals surface area contributed by atoms with Crippen LogP contribution in [0.2, 0.25) is 0 Å². The van der Waals surface area contributed by atoms with Crippen LogP contribution < -0.4 is 5.32 Å². The molecule has 102 valence electrons. The van der Waals surface area contributed by atoms with Crippen LogP contribution in [0.3, 0.4) is 0 Å². The Kier molecular flexibility index (Phi) is 5.78. The monoisotopic (exact) mass is 270 g/mol. The highest BCUT2D eigenvalue weighted by Gasteiger charge is 2.16. The van der Waals surface area contributed by atoms with Gasteiger partial charge in [-0.3, -0.25) is 0 Å². The van der Waals surface area contributed by atoms with Crippen molar-refractivity contribution in [1.82, 2.24) is 9.62 Å². The molecule has 1 aromatic rings. The van der Waals surface area contributed by atoms with Crippen molar-refractivity contribution in [2.45, 2.75) is 24.7 Å². The van der Waals surface area contributed by atoms with Crippen molar-refractivity contribution in [1.29, 1.82) is 0 Å². The van der Waals surface area contributed by atoms with E-state index in [9.17, 15) is 8.42 Å². The molecule has 0 aliphatic carbocycles. The summed E-state index contributed by atoms with van der Waals surface area (Å²) in [5, 5.41) is 3.32. The van der Waals surface area contributed by atoms with E-state index in [-0.39, 0.29) is 0 Å². The average molecular weight is 270 g/mol. The number of rotatable bonds is 7. The van der Waals surface area contributed by atoms with Gasteiger partial charge in [-0.2, -0.15) is 0 Å². The first-order valence-corrected chi connectivity index (χ1v) is 7.64. The lowest BCUT2D eigenvalue weighted by Gasteiger charge is -2.11. The van der Waals surface area contributed by atoms with Crippen LogP contribution in [0, 0.1) is 0 Å². The molecule has 0 amide bonds. The lowest BCUT2D eigenvalue weighted by molar-refractivity contribution is 0.520. The van der Waals surface area contributed by atoms with Gasteiger partial charge < -0.3 is 5.32 Å². The Hall–Kier alpha value is -0.910. The summed E-state index contributed by atoms with van der Waals surface area (Å²) >= 11 is 0. The number of nitrogens with one attached hydrogen (secondary N) is 1. The fourth-order valence-corrected chi connectivity index (χ4v) is 2.48. The molecule has 1 rings (SSSR count). The Morgan fingerprint density at radius 1 is 1.11 bits per heavy atom. The molecule has 4 nitrogen and oxygen atoms in total. The highest BCUT2D eigenvalue weighted by atomic mass is 32.2. The number of benzene rings is 1. The third-order valence-corrected chi connectivity index (χ3v) is 4.55. The van der Waals surface area contributed by atoms with Crippen LogP contribution in [-0.4, -0.2) is 39.9 Å². The van der Waals surface area contributed by atoms with Gasteiger partial charge in [0.2, 0.25) is 10.0 Å². The maximum atomic E-state index is 11.9. The highest BCUT2D eigenvalue weighted by Crippen LogP contribution is 2.14. The van der Waals surface area contributed by atoms with Crippen molar-refractivity contribution in [3.63, 3.8) is 0 Å². The Bertz CT molecular complexity index is 452. The summed E-state index contributed by atoms with van der Waals surface area (Å²) in [4.78, 5) is 0.345. The maximum absolute atomic E-state index is 11.9. The number of sulfonamides is 1. The van der Waals surface area contributed by atoms with E-state index in [2.05, 4.69) is 12.2 Å². The first-order valence-electron chi connectivity index (χ1n) is 6.20. The third kappa shape index (κ3) is 4.08. The molecule has 0 fully saturated rings. The lowest BCUT2D eigenvalue weighted by Crippen LogP contribution is -2.22. The predicted octanol–water partition coefficient (Wildman–Crippen LogP) is 1.48. The minimum absolute atomic E-state index is 0.345. The lowest BCUT2D eigenvalue weighted by atomic mass is 10.1. The molecule has 0 radical (unpaired) electrons. The van der Waals surface area contributed by atoms with Gasteiger partial charge in [0.05, 0.1) is 4.90 Å². The summed E-state index contributed by atoms with van der Waals surface area (Å²) in [5.74, 6) is 0. The molecule has 0 unspecified atom stereocenters. The van der Waals surface area contributed by atoms with Gasteiger partial charge in [-0.1, -0.05) is 19.1 Å². The maximum Gasteiger partial charge on any atom is 0.242 e. The molecular formula is C13H22N2O2S. The molecule has 0 spiro atoms. The summed E-state index contributed by atoms with van der Waals surface area (Å²) in [6, 6.07) is 7.10. The molecule has 1 aromatic carbocycles. The normalized spacial score (nSPS) is 12.0. The van der Waals surface area contributed by atoms with Crippen LogP contribution in [0.15, 0.2) is 29.2 Å². The molecule has 0 aliphatic rings. The average Bonchev–Trinajstić information content (AvgIpc) is 2.35. The summed E-state index contributed by atoms with van der Waals surface area (Å²) < 4.78 is 24.9. The van der Waals surface area contributed by atoms with E-state index in [0.717, 1.165) is 31.5 Å². The molecule has 0 bridgehead atoms. The molecule has 0 atom stereocenters. The Balaban J connectivity index is 2.63. The van der Waals surface area contributed by atoms with Crippen molar-refractivity contribution >= 4 is 10.0 Å². The van der Waals surface area contributed by atoms with Gasteiger partial charge in [-0.15, -0.1) is 0 Å². The molecule has 5 heteroatoms. The van der Waals surface area contributed by atoms with Crippen molar-refractivity contribution in [3.05, 3.63) is 29.8 Å². The van der Waals surface area contributed by atoms with Gasteiger partial charge in [0.25, 0.3) is 0 Å². The van der Waals surface area contributed by atoms with E-state index in [0.29, 0.717) is 4.90 Å². The van der Waals surface area contributed by atoms with Crippen molar-refractivity contribution < 1.29 is 8.42 Å². The van der Waals surface area contributed by atoms with Crippen LogP contribution in [0.25, 0.3) is 0 Å². The summed E-state index contributed by atoms with van der Waals surface area (Å²) in [6.45, 7) is 4.08. The fraction of sp³-hybridized carbons (Fsp3) is 0.538. The predicted molar refractivity (Wildman–Crippen MR) is 74.2 cm³/mol. The molecule has 1 N–H and O–H groups in total. The second kappa shape index (κ2) is 6.87. The largest absolute Gasteiger partial charge is 0.316 e. The Morgan fingerprint density at radius 3 is 2.22 bits per heavy atom. The fourth-order valence-electron chi connectivity index (χ4n) is 1.57. The molecule has 0 saturated heterocycles. The van der Waals surface area contributed by atoms with Gasteiger partial charge in [-0.25, -0.2) is 12.7 Å². The minimum atomic E-state index is -3.31. The Labute approximate surface area is 110 Å². The zero-order valence-electron chi connectivity index (χ0n) is 11.3. The number of nitrogens with zero attached hydrogens (tertiary/aromatic N) is 1. The van der Waals surface area contributed by atoms with E-state index < -0.39 is 10.0 Å². The zero-order valence-corrected chi connectivity index (χ0v) is 12.1. The highest BCUT2D eigenvalue weighted by molar-refractivity contribution is 7.89. The van der Waals surface area contributed by atoms with Crippen LogP contribution in [0.5, 0.6) is 0 Å². The topological polar surface area (TPSA) is 49.4 Å². The van der Waals surface area contributed by atoms with Crippen molar-refractivity contribution in [2.75, 3.05) is 27.2 Å². The van der Waals surface area contributed by atoms with Crippen LogP contribution in [-0.2, 0) is 16.4 Å². The van der Waals surface area contributed by atoms with Gasteiger partial charge in [0.15, 0.2) is 0 Å². The van der Waals surface area contributed by atoms with Crippen molar-refractivity contribution in [3.8, 4) is 0 Å². The summed E-state index contributed by atoms with van der Waals surface area (Å²) in [7, 11) is -0.226. The quantitative estimate of drug-likeness (QED) is 0.764. The van der Waals surface area contributed by atoms with Crippen LogP contribution >= 0.6 is 0 Å². The Morgan fingerprint density at radius 2 is 1.72 bits per heavy atom. The molecule has 0 heterocycles. The molecule has 0 saturated carbocycles. The summed E-state index contributed by atoms with van der Waals surface area (Å²) in [6.07, 6.45) is 2.04. The first kappa shape index (κ1) is 15.1. The van der Waals surface area contributed by atoms with Crippen LogP contribution in [0.1, 0.15) is 18.9 Å². The van der Waals surface area contributed by atoms with E-state index >= 15 is 0 Å². The molecule has 0 aliphatic heterocycles.